The van der Waals surface area contributed by atoms with E-state index in [4.69, 9.17) is 16.3 Å². The van der Waals surface area contributed by atoms with Crippen LogP contribution >= 0.6 is 11.6 Å². The lowest BCUT2D eigenvalue weighted by molar-refractivity contribution is 0.0307. The molecule has 0 bridgehead atoms. The van der Waals surface area contributed by atoms with Crippen molar-refractivity contribution >= 4 is 11.6 Å². The first-order valence-electron chi connectivity index (χ1n) is 8.30. The van der Waals surface area contributed by atoms with Gasteiger partial charge in [0.1, 0.15) is 0 Å². The van der Waals surface area contributed by atoms with Gasteiger partial charge in [0.05, 0.1) is 6.10 Å². The number of nitrogens with one attached hydrogen (secondary N) is 1. The summed E-state index contributed by atoms with van der Waals surface area (Å²) in [5.41, 5.74) is 1.65. The number of ether oxygens (including phenoxy) is 1. The monoisotopic (exact) mass is 307 g/mol. The average Bonchev–Trinajstić information content (AvgIpc) is 3.24. The van der Waals surface area contributed by atoms with Gasteiger partial charge < -0.3 is 10.1 Å². The maximum absolute atomic E-state index is 6.15. The van der Waals surface area contributed by atoms with Crippen LogP contribution in [-0.2, 0) is 11.2 Å². The zero-order chi connectivity index (χ0) is 14.7. The second kappa shape index (κ2) is 6.68. The third kappa shape index (κ3) is 3.61. The van der Waals surface area contributed by atoms with Gasteiger partial charge in [-0.2, -0.15) is 0 Å². The molecular formula is C18H26ClNO. The maximum Gasteiger partial charge on any atom is 0.0675 e. The molecule has 2 nitrogen and oxygen atoms in total. The molecule has 1 saturated heterocycles. The van der Waals surface area contributed by atoms with Gasteiger partial charge in [0.25, 0.3) is 0 Å². The minimum Gasteiger partial charge on any atom is -0.377 e. The molecule has 1 saturated carbocycles. The summed E-state index contributed by atoms with van der Waals surface area (Å²) < 4.78 is 6.15. The molecule has 2 aliphatic rings. The molecule has 0 aromatic heterocycles. The van der Waals surface area contributed by atoms with Gasteiger partial charge in [0, 0.05) is 23.6 Å². The van der Waals surface area contributed by atoms with Crippen molar-refractivity contribution in [2.24, 2.45) is 11.3 Å². The van der Waals surface area contributed by atoms with Crippen molar-refractivity contribution in [3.8, 4) is 0 Å². The lowest BCUT2D eigenvalue weighted by Crippen LogP contribution is -2.43. The summed E-state index contributed by atoms with van der Waals surface area (Å²) in [5.74, 6) is 0.795. The second-order valence-electron chi connectivity index (χ2n) is 6.72. The second-order valence-corrected chi connectivity index (χ2v) is 7.16. The fourth-order valence-electron chi connectivity index (χ4n) is 3.71. The summed E-state index contributed by atoms with van der Waals surface area (Å²) in [6.07, 6.45) is 6.60. The van der Waals surface area contributed by atoms with E-state index in [0.717, 1.165) is 37.1 Å². The fraction of sp³-hybridized carbons (Fsp3) is 0.667. The maximum atomic E-state index is 6.15. The molecule has 0 spiro atoms. The number of hydrogen-bond donors (Lipinski definition) is 1. The van der Waals surface area contributed by atoms with Gasteiger partial charge >= 0.3 is 0 Å². The zero-order valence-corrected chi connectivity index (χ0v) is 13.7. The largest absolute Gasteiger partial charge is 0.377 e. The van der Waals surface area contributed by atoms with Gasteiger partial charge in [0.2, 0.25) is 0 Å². The predicted octanol–water partition coefficient (Wildman–Crippen LogP) is 4.07. The Morgan fingerprint density at radius 3 is 2.71 bits per heavy atom. The highest BCUT2D eigenvalue weighted by molar-refractivity contribution is 6.30. The number of halogens is 1. The van der Waals surface area contributed by atoms with Crippen LogP contribution in [0.25, 0.3) is 0 Å². The summed E-state index contributed by atoms with van der Waals surface area (Å²) in [6, 6.07) is 8.36. The van der Waals surface area contributed by atoms with Gasteiger partial charge in [0.15, 0.2) is 0 Å². The summed E-state index contributed by atoms with van der Waals surface area (Å²) >= 11 is 6.02. The van der Waals surface area contributed by atoms with Crippen LogP contribution in [0, 0.1) is 11.3 Å². The van der Waals surface area contributed by atoms with Gasteiger partial charge in [-0.3, -0.25) is 0 Å². The molecule has 21 heavy (non-hydrogen) atoms. The molecule has 1 aromatic rings. The Labute approximate surface area is 133 Å². The highest BCUT2D eigenvalue weighted by Gasteiger charge is 2.50. The van der Waals surface area contributed by atoms with Gasteiger partial charge in [-0.1, -0.05) is 30.7 Å². The first-order valence-corrected chi connectivity index (χ1v) is 8.68. The Hall–Kier alpha value is -0.570. The Kier molecular flexibility index (Phi) is 4.88. The standard InChI is InChI=1S/C18H26ClNO/c1-2-10-20-13-18(9-11-21-17(18)15-5-6-15)12-14-3-7-16(19)8-4-14/h3-4,7-8,15,17,20H,2,5-6,9-13H2,1H3. The Morgan fingerprint density at radius 1 is 1.29 bits per heavy atom. The first kappa shape index (κ1) is 15.3. The molecule has 0 amide bonds. The molecule has 1 aliphatic heterocycles. The van der Waals surface area contributed by atoms with E-state index in [1.54, 1.807) is 0 Å². The quantitative estimate of drug-likeness (QED) is 0.767. The molecule has 1 N–H and O–H groups in total. The molecule has 2 atom stereocenters. The Balaban J connectivity index is 1.76. The van der Waals surface area contributed by atoms with Gasteiger partial charge in [-0.15, -0.1) is 0 Å². The molecule has 1 heterocycles. The van der Waals surface area contributed by atoms with E-state index >= 15 is 0 Å². The lowest BCUT2D eigenvalue weighted by Gasteiger charge is -2.35. The van der Waals surface area contributed by atoms with Crippen molar-refractivity contribution in [3.63, 3.8) is 0 Å². The fourth-order valence-corrected chi connectivity index (χ4v) is 3.83. The van der Waals surface area contributed by atoms with Gasteiger partial charge in [-0.25, -0.2) is 0 Å². The molecular weight excluding hydrogens is 282 g/mol. The van der Waals surface area contributed by atoms with E-state index in [9.17, 15) is 0 Å². The minimum atomic E-state index is 0.268. The summed E-state index contributed by atoms with van der Waals surface area (Å²) in [4.78, 5) is 0. The normalized spacial score (nSPS) is 29.0. The zero-order valence-electron chi connectivity index (χ0n) is 12.9. The van der Waals surface area contributed by atoms with Crippen LogP contribution in [0.3, 0.4) is 0 Å². The average molecular weight is 308 g/mol. The van der Waals surface area contributed by atoms with Crippen LogP contribution in [0.15, 0.2) is 24.3 Å². The van der Waals surface area contributed by atoms with Crippen molar-refractivity contribution in [2.75, 3.05) is 19.7 Å². The van der Waals surface area contributed by atoms with E-state index in [1.165, 1.54) is 31.2 Å². The Morgan fingerprint density at radius 2 is 2.05 bits per heavy atom. The summed E-state index contributed by atoms with van der Waals surface area (Å²) in [6.45, 7) is 5.31. The van der Waals surface area contributed by atoms with Crippen LogP contribution < -0.4 is 5.32 Å². The topological polar surface area (TPSA) is 21.3 Å². The minimum absolute atomic E-state index is 0.268. The van der Waals surface area contributed by atoms with E-state index in [1.807, 2.05) is 12.1 Å². The SMILES string of the molecule is CCCNCC1(Cc2ccc(Cl)cc2)CCOC1C1CC1. The van der Waals surface area contributed by atoms with Crippen LogP contribution in [0.1, 0.15) is 38.2 Å². The van der Waals surface area contributed by atoms with E-state index in [2.05, 4.69) is 24.4 Å². The van der Waals surface area contributed by atoms with Crippen molar-refractivity contribution in [1.82, 2.24) is 5.32 Å². The smallest absolute Gasteiger partial charge is 0.0675 e. The molecule has 3 rings (SSSR count). The third-order valence-corrected chi connectivity index (χ3v) is 5.18. The Bertz CT molecular complexity index is 457. The van der Waals surface area contributed by atoms with Gasteiger partial charge in [-0.05, 0) is 62.3 Å². The number of benzene rings is 1. The van der Waals surface area contributed by atoms with Crippen molar-refractivity contribution in [2.45, 2.75) is 45.1 Å². The van der Waals surface area contributed by atoms with Crippen LogP contribution in [0.5, 0.6) is 0 Å². The van der Waals surface area contributed by atoms with Crippen molar-refractivity contribution in [1.29, 1.82) is 0 Å². The van der Waals surface area contributed by atoms with Crippen LogP contribution in [0.4, 0.5) is 0 Å². The highest BCUT2D eigenvalue weighted by Crippen LogP contribution is 2.49. The molecule has 2 unspecified atom stereocenters. The van der Waals surface area contributed by atoms with Crippen molar-refractivity contribution in [3.05, 3.63) is 34.9 Å². The molecule has 2 fully saturated rings. The first-order chi connectivity index (χ1) is 10.2. The predicted molar refractivity (Wildman–Crippen MR) is 87.8 cm³/mol. The molecule has 1 aromatic carbocycles. The molecule has 1 aliphatic carbocycles. The third-order valence-electron chi connectivity index (χ3n) is 4.92. The number of hydrogen-bond acceptors (Lipinski definition) is 2. The molecule has 0 radical (unpaired) electrons. The van der Waals surface area contributed by atoms with E-state index < -0.39 is 0 Å². The molecule has 116 valence electrons. The van der Waals surface area contributed by atoms with Crippen molar-refractivity contribution < 1.29 is 4.74 Å². The molecule has 3 heteroatoms. The lowest BCUT2D eigenvalue weighted by atomic mass is 9.74. The summed E-state index contributed by atoms with van der Waals surface area (Å²) in [5, 5.41) is 4.47. The number of rotatable bonds is 7. The van der Waals surface area contributed by atoms with E-state index in [-0.39, 0.29) is 5.41 Å². The highest BCUT2D eigenvalue weighted by atomic mass is 35.5. The van der Waals surface area contributed by atoms with Crippen LogP contribution in [0.2, 0.25) is 5.02 Å². The van der Waals surface area contributed by atoms with E-state index in [0.29, 0.717) is 6.10 Å². The van der Waals surface area contributed by atoms with Crippen LogP contribution in [-0.4, -0.2) is 25.8 Å². The summed E-state index contributed by atoms with van der Waals surface area (Å²) in [7, 11) is 0.